The second kappa shape index (κ2) is 6.40. The molecule has 88 valence electrons. The summed E-state index contributed by atoms with van der Waals surface area (Å²) in [5.41, 5.74) is -0.459. The highest BCUT2D eigenvalue weighted by atomic mass is 16.6. The van der Waals surface area contributed by atoms with Gasteiger partial charge >= 0.3 is 11.9 Å². The zero-order chi connectivity index (χ0) is 11.9. The molecule has 0 rings (SSSR count). The first kappa shape index (κ1) is 13.9. The predicted molar refractivity (Wildman–Crippen MR) is 55.3 cm³/mol. The van der Waals surface area contributed by atoms with E-state index in [1.807, 2.05) is 20.8 Å². The maximum Gasteiger partial charge on any atom is 0.319 e. The molecule has 0 aliphatic heterocycles. The molecule has 0 unspecified atom stereocenters. The molecule has 0 bridgehead atoms. The zero-order valence-corrected chi connectivity index (χ0v) is 9.75. The number of carbonyl (C=O) groups excluding carboxylic acids is 2. The lowest BCUT2D eigenvalue weighted by atomic mass is 10.2. The van der Waals surface area contributed by atoms with Crippen molar-refractivity contribution in [2.45, 2.75) is 32.8 Å². The van der Waals surface area contributed by atoms with Gasteiger partial charge in [0.05, 0.1) is 20.1 Å². The molecule has 0 aliphatic rings. The maximum absolute atomic E-state index is 11.2. The fraction of sp³-hybridized carbons (Fsp3) is 0.800. The minimum atomic E-state index is -0.459. The van der Waals surface area contributed by atoms with Crippen LogP contribution in [0.4, 0.5) is 0 Å². The third-order valence-corrected chi connectivity index (χ3v) is 1.42. The van der Waals surface area contributed by atoms with Gasteiger partial charge in [-0.3, -0.25) is 9.59 Å². The minimum Gasteiger partial charge on any atom is -0.468 e. The molecule has 0 saturated carbocycles. The van der Waals surface area contributed by atoms with Crippen molar-refractivity contribution in [1.82, 2.24) is 5.32 Å². The van der Waals surface area contributed by atoms with Crippen LogP contribution in [-0.2, 0) is 19.1 Å². The average Bonchev–Trinajstić information content (AvgIpc) is 2.09. The Morgan fingerprint density at radius 2 is 1.80 bits per heavy atom. The van der Waals surface area contributed by atoms with E-state index in [2.05, 4.69) is 10.1 Å². The summed E-state index contributed by atoms with van der Waals surface area (Å²) >= 11 is 0. The Bertz CT molecular complexity index is 220. The topological polar surface area (TPSA) is 64.6 Å². The van der Waals surface area contributed by atoms with Crippen molar-refractivity contribution < 1.29 is 19.1 Å². The minimum absolute atomic E-state index is 0.110. The van der Waals surface area contributed by atoms with Crippen molar-refractivity contribution in [2.24, 2.45) is 0 Å². The van der Waals surface area contributed by atoms with Gasteiger partial charge in [0.1, 0.15) is 5.60 Å². The van der Waals surface area contributed by atoms with Gasteiger partial charge < -0.3 is 14.8 Å². The molecule has 0 heterocycles. The van der Waals surface area contributed by atoms with Gasteiger partial charge in [-0.15, -0.1) is 0 Å². The molecular weight excluding hydrogens is 198 g/mol. The van der Waals surface area contributed by atoms with Crippen molar-refractivity contribution in [3.63, 3.8) is 0 Å². The number of nitrogens with one attached hydrogen (secondary N) is 1. The Hall–Kier alpha value is -1.10. The van der Waals surface area contributed by atoms with Crippen LogP contribution in [0.3, 0.4) is 0 Å². The van der Waals surface area contributed by atoms with Crippen LogP contribution in [0.25, 0.3) is 0 Å². The van der Waals surface area contributed by atoms with Crippen LogP contribution in [0.15, 0.2) is 0 Å². The van der Waals surface area contributed by atoms with Crippen molar-refractivity contribution in [3.05, 3.63) is 0 Å². The molecule has 1 N–H and O–H groups in total. The molecule has 0 aromatic heterocycles. The second-order valence-corrected chi connectivity index (χ2v) is 4.09. The first-order valence-corrected chi connectivity index (χ1v) is 4.84. The van der Waals surface area contributed by atoms with Crippen molar-refractivity contribution >= 4 is 11.9 Å². The summed E-state index contributed by atoms with van der Waals surface area (Å²) in [5, 5.41) is 2.78. The van der Waals surface area contributed by atoms with Crippen molar-refractivity contribution in [1.29, 1.82) is 0 Å². The highest BCUT2D eigenvalue weighted by molar-refractivity contribution is 5.72. The van der Waals surface area contributed by atoms with Crippen LogP contribution in [0, 0.1) is 0 Å². The monoisotopic (exact) mass is 217 g/mol. The Kier molecular flexibility index (Phi) is 5.93. The van der Waals surface area contributed by atoms with Gasteiger partial charge in [-0.25, -0.2) is 0 Å². The second-order valence-electron chi connectivity index (χ2n) is 4.09. The number of ether oxygens (including phenoxy) is 2. The Morgan fingerprint density at radius 1 is 1.20 bits per heavy atom. The Balaban J connectivity index is 3.52. The lowest BCUT2D eigenvalue weighted by molar-refractivity contribution is -0.154. The molecule has 0 saturated heterocycles. The average molecular weight is 217 g/mol. The molecular formula is C10H19NO4. The smallest absolute Gasteiger partial charge is 0.319 e. The fourth-order valence-corrected chi connectivity index (χ4v) is 0.846. The van der Waals surface area contributed by atoms with Crippen molar-refractivity contribution in [2.75, 3.05) is 20.2 Å². The van der Waals surface area contributed by atoms with E-state index in [1.165, 1.54) is 7.11 Å². The highest BCUT2D eigenvalue weighted by Gasteiger charge is 2.15. The summed E-state index contributed by atoms with van der Waals surface area (Å²) < 4.78 is 9.50. The van der Waals surface area contributed by atoms with E-state index < -0.39 is 5.60 Å². The number of carbonyl (C=O) groups is 2. The quantitative estimate of drug-likeness (QED) is 0.536. The SMILES string of the molecule is COC(=O)CNCCC(=O)OC(C)(C)C. The van der Waals surface area contributed by atoms with E-state index in [1.54, 1.807) is 0 Å². The van der Waals surface area contributed by atoms with Crippen LogP contribution < -0.4 is 5.32 Å². The third kappa shape index (κ3) is 9.21. The molecule has 5 nitrogen and oxygen atoms in total. The van der Waals surface area contributed by atoms with Gasteiger partial charge in [-0.2, -0.15) is 0 Å². The standard InChI is InChI=1S/C10H19NO4/c1-10(2,3)15-8(12)5-6-11-7-9(13)14-4/h11H,5-7H2,1-4H3. The number of methoxy groups -OCH3 is 1. The molecule has 5 heteroatoms. The number of rotatable bonds is 5. The van der Waals surface area contributed by atoms with Crippen molar-refractivity contribution in [3.8, 4) is 0 Å². The highest BCUT2D eigenvalue weighted by Crippen LogP contribution is 2.07. The first-order valence-electron chi connectivity index (χ1n) is 4.84. The number of hydrogen-bond donors (Lipinski definition) is 1. The number of esters is 2. The van der Waals surface area contributed by atoms with Gasteiger partial charge in [0, 0.05) is 6.54 Å². The van der Waals surface area contributed by atoms with Crippen LogP contribution in [-0.4, -0.2) is 37.7 Å². The molecule has 0 aliphatic carbocycles. The summed E-state index contributed by atoms with van der Waals surface area (Å²) in [6.45, 7) is 5.95. The predicted octanol–water partition coefficient (Wildman–Crippen LogP) is 0.481. The van der Waals surface area contributed by atoms with Crippen LogP contribution in [0.5, 0.6) is 0 Å². The summed E-state index contributed by atoms with van der Waals surface area (Å²) in [7, 11) is 1.32. The van der Waals surface area contributed by atoms with Crippen LogP contribution >= 0.6 is 0 Å². The lowest BCUT2D eigenvalue weighted by Gasteiger charge is -2.19. The summed E-state index contributed by atoms with van der Waals surface area (Å²) in [6, 6.07) is 0. The van der Waals surface area contributed by atoms with E-state index >= 15 is 0 Å². The molecule has 0 fully saturated rings. The van der Waals surface area contributed by atoms with Crippen LogP contribution in [0.2, 0.25) is 0 Å². The van der Waals surface area contributed by atoms with Gasteiger partial charge in [-0.05, 0) is 20.8 Å². The van der Waals surface area contributed by atoms with E-state index in [9.17, 15) is 9.59 Å². The normalized spacial score (nSPS) is 10.9. The molecule has 0 spiro atoms. The molecule has 0 aromatic carbocycles. The molecule has 0 amide bonds. The third-order valence-electron chi connectivity index (χ3n) is 1.42. The molecule has 15 heavy (non-hydrogen) atoms. The summed E-state index contributed by atoms with van der Waals surface area (Å²) in [5.74, 6) is -0.626. The van der Waals surface area contributed by atoms with E-state index in [-0.39, 0.29) is 24.9 Å². The largest absolute Gasteiger partial charge is 0.468 e. The van der Waals surface area contributed by atoms with E-state index in [0.717, 1.165) is 0 Å². The molecule has 0 aromatic rings. The Morgan fingerprint density at radius 3 is 2.27 bits per heavy atom. The molecule has 0 radical (unpaired) electrons. The molecule has 0 atom stereocenters. The summed E-state index contributed by atoms with van der Waals surface area (Å²) in [6.07, 6.45) is 0.244. The Labute approximate surface area is 90.1 Å². The maximum atomic E-state index is 11.2. The summed E-state index contributed by atoms with van der Waals surface area (Å²) in [4.78, 5) is 21.9. The fourth-order valence-electron chi connectivity index (χ4n) is 0.846. The van der Waals surface area contributed by atoms with Gasteiger partial charge in [0.15, 0.2) is 0 Å². The first-order chi connectivity index (χ1) is 6.85. The van der Waals surface area contributed by atoms with Gasteiger partial charge in [-0.1, -0.05) is 0 Å². The zero-order valence-electron chi connectivity index (χ0n) is 9.75. The lowest BCUT2D eigenvalue weighted by Crippen LogP contribution is -2.29. The van der Waals surface area contributed by atoms with E-state index in [4.69, 9.17) is 4.74 Å². The van der Waals surface area contributed by atoms with Crippen LogP contribution in [0.1, 0.15) is 27.2 Å². The number of hydrogen-bond acceptors (Lipinski definition) is 5. The van der Waals surface area contributed by atoms with Gasteiger partial charge in [0.2, 0.25) is 0 Å². The van der Waals surface area contributed by atoms with E-state index in [0.29, 0.717) is 6.54 Å². The van der Waals surface area contributed by atoms with Gasteiger partial charge in [0.25, 0.3) is 0 Å².